The van der Waals surface area contributed by atoms with Gasteiger partial charge < -0.3 is 4.90 Å². The largest absolute Gasteiger partial charge is 0.340 e. The van der Waals surface area contributed by atoms with E-state index < -0.39 is 0 Å². The van der Waals surface area contributed by atoms with Gasteiger partial charge in [-0.3, -0.25) is 9.89 Å². The van der Waals surface area contributed by atoms with Crippen LogP contribution in [0.5, 0.6) is 0 Å². The summed E-state index contributed by atoms with van der Waals surface area (Å²) in [5, 5.41) is 7.44. The van der Waals surface area contributed by atoms with Crippen molar-refractivity contribution in [1.82, 2.24) is 15.1 Å². The molecule has 120 valence electrons. The van der Waals surface area contributed by atoms with E-state index >= 15 is 0 Å². The van der Waals surface area contributed by atoms with Gasteiger partial charge in [0.2, 0.25) is 5.91 Å². The molecule has 1 heterocycles. The molecular weight excluding hydrogens is 286 g/mol. The summed E-state index contributed by atoms with van der Waals surface area (Å²) >= 11 is 0. The van der Waals surface area contributed by atoms with Gasteiger partial charge in [0.05, 0.1) is 17.9 Å². The Balaban J connectivity index is 1.37. The van der Waals surface area contributed by atoms with Crippen molar-refractivity contribution in [1.29, 1.82) is 0 Å². The van der Waals surface area contributed by atoms with Gasteiger partial charge >= 0.3 is 0 Å². The fraction of sp³-hybridized carbons (Fsp3) is 0.474. The topological polar surface area (TPSA) is 49.0 Å². The molecule has 0 saturated heterocycles. The van der Waals surface area contributed by atoms with Crippen LogP contribution in [0.1, 0.15) is 60.0 Å². The number of nitrogens with one attached hydrogen (secondary N) is 1. The standard InChI is InChI=1S/C19H23N3O/c1-22(12-16-11-18(21-20-16)14-7-8-14)19(23)10-15-9-6-13-4-2-3-5-17(13)15/h2-5,11,14-15H,6-10,12H2,1H3,(H,20,21)/t15-/m1/s1. The van der Waals surface area contributed by atoms with E-state index in [2.05, 4.69) is 40.5 Å². The highest BCUT2D eigenvalue weighted by atomic mass is 16.2. The highest BCUT2D eigenvalue weighted by molar-refractivity contribution is 5.77. The van der Waals surface area contributed by atoms with E-state index in [1.807, 2.05) is 11.9 Å². The number of carbonyl (C=O) groups is 1. The van der Waals surface area contributed by atoms with Crippen LogP contribution in [-0.4, -0.2) is 28.1 Å². The van der Waals surface area contributed by atoms with Gasteiger partial charge in [-0.2, -0.15) is 5.10 Å². The summed E-state index contributed by atoms with van der Waals surface area (Å²) < 4.78 is 0. The lowest BCUT2D eigenvalue weighted by atomic mass is 9.97. The normalized spacial score (nSPS) is 19.6. The zero-order valence-corrected chi connectivity index (χ0v) is 13.6. The van der Waals surface area contributed by atoms with E-state index in [-0.39, 0.29) is 5.91 Å². The molecule has 4 nitrogen and oxygen atoms in total. The Kier molecular flexibility index (Phi) is 3.68. The number of aromatic amines is 1. The number of aromatic nitrogens is 2. The fourth-order valence-corrected chi connectivity index (χ4v) is 3.62. The van der Waals surface area contributed by atoms with E-state index in [1.54, 1.807) is 0 Å². The SMILES string of the molecule is CN(Cc1cc(C2CC2)n[nH]1)C(=O)C[C@H]1CCc2ccccc21. The first-order valence-corrected chi connectivity index (χ1v) is 8.56. The Hall–Kier alpha value is -2.10. The van der Waals surface area contributed by atoms with Crippen LogP contribution in [0.25, 0.3) is 0 Å². The van der Waals surface area contributed by atoms with Crippen molar-refractivity contribution in [3.05, 3.63) is 52.8 Å². The van der Waals surface area contributed by atoms with Crippen LogP contribution in [0.2, 0.25) is 0 Å². The summed E-state index contributed by atoms with van der Waals surface area (Å²) in [7, 11) is 1.89. The summed E-state index contributed by atoms with van der Waals surface area (Å²) in [5.74, 6) is 1.25. The van der Waals surface area contributed by atoms with Crippen molar-refractivity contribution in [3.8, 4) is 0 Å². The Morgan fingerprint density at radius 1 is 1.30 bits per heavy atom. The summed E-state index contributed by atoms with van der Waals surface area (Å²) in [6.07, 6.45) is 5.30. The molecular formula is C19H23N3O. The van der Waals surface area contributed by atoms with Gasteiger partial charge in [-0.1, -0.05) is 24.3 Å². The predicted octanol–water partition coefficient (Wildman–Crippen LogP) is 3.37. The van der Waals surface area contributed by atoms with Crippen LogP contribution in [0.3, 0.4) is 0 Å². The first-order valence-electron chi connectivity index (χ1n) is 8.56. The maximum atomic E-state index is 12.6. The van der Waals surface area contributed by atoms with Gasteiger partial charge in [0.15, 0.2) is 0 Å². The van der Waals surface area contributed by atoms with Gasteiger partial charge in [-0.05, 0) is 48.8 Å². The molecule has 2 aromatic rings. The number of amides is 1. The van der Waals surface area contributed by atoms with E-state index in [4.69, 9.17) is 0 Å². The average molecular weight is 309 g/mol. The highest BCUT2D eigenvalue weighted by Gasteiger charge is 2.27. The van der Waals surface area contributed by atoms with E-state index in [0.29, 0.717) is 24.8 Å². The highest BCUT2D eigenvalue weighted by Crippen LogP contribution is 2.39. The van der Waals surface area contributed by atoms with Crippen molar-refractivity contribution in [2.24, 2.45) is 0 Å². The molecule has 4 rings (SSSR count). The molecule has 4 heteroatoms. The number of nitrogens with zero attached hydrogens (tertiary/aromatic N) is 2. The Labute approximate surface area is 136 Å². The van der Waals surface area contributed by atoms with Crippen molar-refractivity contribution in [2.45, 2.75) is 50.5 Å². The monoisotopic (exact) mass is 309 g/mol. The third kappa shape index (κ3) is 3.03. The second-order valence-corrected chi connectivity index (χ2v) is 6.98. The third-order valence-corrected chi connectivity index (χ3v) is 5.16. The maximum Gasteiger partial charge on any atom is 0.223 e. The minimum Gasteiger partial charge on any atom is -0.340 e. The minimum absolute atomic E-state index is 0.217. The number of rotatable bonds is 5. The molecule has 1 N–H and O–H groups in total. The third-order valence-electron chi connectivity index (χ3n) is 5.16. The number of carbonyl (C=O) groups excluding carboxylic acids is 1. The molecule has 1 fully saturated rings. The quantitative estimate of drug-likeness (QED) is 0.920. The number of fused-ring (bicyclic) bond motifs is 1. The van der Waals surface area contributed by atoms with Gasteiger partial charge in [-0.15, -0.1) is 0 Å². The van der Waals surface area contributed by atoms with Gasteiger partial charge in [0, 0.05) is 19.4 Å². The van der Waals surface area contributed by atoms with Gasteiger partial charge in [0.1, 0.15) is 0 Å². The fourth-order valence-electron chi connectivity index (χ4n) is 3.62. The Morgan fingerprint density at radius 2 is 2.13 bits per heavy atom. The molecule has 1 atom stereocenters. The van der Waals surface area contributed by atoms with Crippen LogP contribution >= 0.6 is 0 Å². The van der Waals surface area contributed by atoms with E-state index in [1.165, 1.54) is 24.0 Å². The lowest BCUT2D eigenvalue weighted by molar-refractivity contribution is -0.130. The summed E-state index contributed by atoms with van der Waals surface area (Å²) in [5.41, 5.74) is 4.97. The van der Waals surface area contributed by atoms with Crippen LogP contribution in [-0.2, 0) is 17.8 Å². The van der Waals surface area contributed by atoms with E-state index in [0.717, 1.165) is 24.2 Å². The minimum atomic E-state index is 0.217. The number of hydrogen-bond donors (Lipinski definition) is 1. The second-order valence-electron chi connectivity index (χ2n) is 6.98. The number of aryl methyl sites for hydroxylation is 1. The van der Waals surface area contributed by atoms with Crippen LogP contribution < -0.4 is 0 Å². The smallest absolute Gasteiger partial charge is 0.223 e. The molecule has 0 radical (unpaired) electrons. The lowest BCUT2D eigenvalue weighted by Crippen LogP contribution is -2.27. The molecule has 1 aromatic heterocycles. The van der Waals surface area contributed by atoms with Gasteiger partial charge in [0.25, 0.3) is 0 Å². The van der Waals surface area contributed by atoms with Crippen LogP contribution in [0, 0.1) is 0 Å². The first-order chi connectivity index (χ1) is 11.2. The number of H-pyrrole nitrogens is 1. The first kappa shape index (κ1) is 14.5. The molecule has 0 bridgehead atoms. The summed E-state index contributed by atoms with van der Waals surface area (Å²) in [4.78, 5) is 14.4. The average Bonchev–Trinajstić information content (AvgIpc) is 3.18. The van der Waals surface area contributed by atoms with Crippen molar-refractivity contribution >= 4 is 5.91 Å². The maximum absolute atomic E-state index is 12.6. The molecule has 0 unspecified atom stereocenters. The summed E-state index contributed by atoms with van der Waals surface area (Å²) in [6, 6.07) is 10.6. The van der Waals surface area contributed by atoms with Crippen LogP contribution in [0.15, 0.2) is 30.3 Å². The molecule has 1 aromatic carbocycles. The number of hydrogen-bond acceptors (Lipinski definition) is 2. The zero-order chi connectivity index (χ0) is 15.8. The molecule has 2 aliphatic rings. The molecule has 0 aliphatic heterocycles. The molecule has 0 spiro atoms. The Morgan fingerprint density at radius 3 is 2.96 bits per heavy atom. The summed E-state index contributed by atoms with van der Waals surface area (Å²) in [6.45, 7) is 0.618. The van der Waals surface area contributed by atoms with Crippen molar-refractivity contribution < 1.29 is 4.79 Å². The molecule has 1 saturated carbocycles. The zero-order valence-electron chi connectivity index (χ0n) is 13.6. The van der Waals surface area contributed by atoms with Crippen LogP contribution in [0.4, 0.5) is 0 Å². The van der Waals surface area contributed by atoms with Crippen molar-refractivity contribution in [2.75, 3.05) is 7.05 Å². The second kappa shape index (κ2) is 5.84. The lowest BCUT2D eigenvalue weighted by Gasteiger charge is -2.19. The molecule has 2 aliphatic carbocycles. The predicted molar refractivity (Wildman–Crippen MR) is 89.2 cm³/mol. The molecule has 23 heavy (non-hydrogen) atoms. The Bertz CT molecular complexity index is 717. The number of benzene rings is 1. The van der Waals surface area contributed by atoms with Crippen molar-refractivity contribution in [3.63, 3.8) is 0 Å². The molecule has 1 amide bonds. The van der Waals surface area contributed by atoms with E-state index in [9.17, 15) is 4.79 Å². The van der Waals surface area contributed by atoms with Gasteiger partial charge in [-0.25, -0.2) is 0 Å².